The maximum Gasteiger partial charge on any atom is 0.264 e. The van der Waals surface area contributed by atoms with E-state index in [0.29, 0.717) is 30.4 Å². The van der Waals surface area contributed by atoms with Crippen LogP contribution in [0.3, 0.4) is 0 Å². The zero-order chi connectivity index (χ0) is 26.7. The average Bonchev–Trinajstić information content (AvgIpc) is 2.92. The Kier molecular flexibility index (Phi) is 10.2. The van der Waals surface area contributed by atoms with E-state index in [1.807, 2.05) is 13.2 Å². The van der Waals surface area contributed by atoms with E-state index in [2.05, 4.69) is 17.1 Å². The molecule has 0 saturated heterocycles. The van der Waals surface area contributed by atoms with Crippen molar-refractivity contribution in [2.45, 2.75) is 16.7 Å². The Balaban J connectivity index is 1.78. The van der Waals surface area contributed by atoms with Gasteiger partial charge in [0.05, 0.1) is 23.4 Å². The van der Waals surface area contributed by atoms with E-state index < -0.39 is 22.5 Å². The summed E-state index contributed by atoms with van der Waals surface area (Å²) >= 11 is 1.51. The second-order valence-electron chi connectivity index (χ2n) is 7.58. The number of hydrazone groups is 1. The zero-order valence-corrected chi connectivity index (χ0v) is 22.3. The van der Waals surface area contributed by atoms with E-state index in [1.54, 1.807) is 66.7 Å². The van der Waals surface area contributed by atoms with Crippen LogP contribution in [0, 0.1) is 0 Å². The highest BCUT2D eigenvalue weighted by Gasteiger charge is 2.27. The van der Waals surface area contributed by atoms with Gasteiger partial charge in [-0.2, -0.15) is 5.10 Å². The summed E-state index contributed by atoms with van der Waals surface area (Å²) in [5.74, 6) is 0.686. The van der Waals surface area contributed by atoms with Crippen LogP contribution in [0.25, 0.3) is 0 Å². The Labute approximate surface area is 222 Å². The standard InChI is InChI=1S/C27H29N3O5S2/c1-4-18-35-24-10-6-21(7-11-24)19-28-29-27(31)20-30(22-8-12-23(13-9-22)34-5-2)37(32,33)26-16-14-25(36-3)15-17-26/h4,6-17,19H,1,5,18,20H2,2-3H3,(H,29,31)/b28-19-. The summed E-state index contributed by atoms with van der Waals surface area (Å²) in [6.07, 6.45) is 5.03. The molecule has 0 bridgehead atoms. The fraction of sp³-hybridized carbons (Fsp3) is 0.185. The molecule has 1 N–H and O–H groups in total. The third kappa shape index (κ3) is 7.86. The van der Waals surface area contributed by atoms with Crippen LogP contribution in [0.5, 0.6) is 11.5 Å². The molecule has 3 aromatic carbocycles. The molecule has 37 heavy (non-hydrogen) atoms. The van der Waals surface area contributed by atoms with Gasteiger partial charge in [0, 0.05) is 4.90 Å². The van der Waals surface area contributed by atoms with Gasteiger partial charge in [0.1, 0.15) is 24.7 Å². The zero-order valence-electron chi connectivity index (χ0n) is 20.7. The van der Waals surface area contributed by atoms with Gasteiger partial charge in [-0.05, 0) is 91.5 Å². The monoisotopic (exact) mass is 539 g/mol. The van der Waals surface area contributed by atoms with Gasteiger partial charge in [0.15, 0.2) is 0 Å². The molecule has 0 aromatic heterocycles. The lowest BCUT2D eigenvalue weighted by molar-refractivity contribution is -0.119. The van der Waals surface area contributed by atoms with E-state index in [9.17, 15) is 13.2 Å². The van der Waals surface area contributed by atoms with E-state index >= 15 is 0 Å². The van der Waals surface area contributed by atoms with Crippen LogP contribution in [0.1, 0.15) is 12.5 Å². The summed E-state index contributed by atoms with van der Waals surface area (Å²) in [5.41, 5.74) is 3.46. The third-order valence-corrected chi connectivity index (χ3v) is 7.55. The minimum Gasteiger partial charge on any atom is -0.494 e. The number of ether oxygens (including phenoxy) is 2. The van der Waals surface area contributed by atoms with Crippen LogP contribution in [-0.4, -0.2) is 46.6 Å². The van der Waals surface area contributed by atoms with Gasteiger partial charge < -0.3 is 9.47 Å². The lowest BCUT2D eigenvalue weighted by atomic mass is 10.2. The number of amides is 1. The second kappa shape index (κ2) is 13.5. The van der Waals surface area contributed by atoms with Gasteiger partial charge in [0.25, 0.3) is 15.9 Å². The van der Waals surface area contributed by atoms with Crippen molar-refractivity contribution < 1.29 is 22.7 Å². The lowest BCUT2D eigenvalue weighted by Crippen LogP contribution is -2.39. The molecule has 3 rings (SSSR count). The van der Waals surface area contributed by atoms with Crippen molar-refractivity contribution in [2.75, 3.05) is 30.3 Å². The highest BCUT2D eigenvalue weighted by atomic mass is 32.2. The maximum absolute atomic E-state index is 13.5. The summed E-state index contributed by atoms with van der Waals surface area (Å²) in [5, 5.41) is 3.97. The lowest BCUT2D eigenvalue weighted by Gasteiger charge is -2.24. The summed E-state index contributed by atoms with van der Waals surface area (Å²) in [4.78, 5) is 13.8. The number of carbonyl (C=O) groups is 1. The molecule has 0 unspecified atom stereocenters. The normalized spacial score (nSPS) is 11.2. The molecule has 3 aromatic rings. The highest BCUT2D eigenvalue weighted by Crippen LogP contribution is 2.27. The minimum atomic E-state index is -4.04. The molecule has 194 valence electrons. The predicted molar refractivity (Wildman–Crippen MR) is 148 cm³/mol. The number of thioether (sulfide) groups is 1. The van der Waals surface area contributed by atoms with Crippen molar-refractivity contribution in [2.24, 2.45) is 5.10 Å². The van der Waals surface area contributed by atoms with Crippen molar-refractivity contribution in [3.63, 3.8) is 0 Å². The van der Waals surface area contributed by atoms with E-state index in [1.165, 1.54) is 30.1 Å². The number of carbonyl (C=O) groups excluding carboxylic acids is 1. The first-order chi connectivity index (χ1) is 17.9. The quantitative estimate of drug-likeness (QED) is 0.146. The molecule has 0 fully saturated rings. The summed E-state index contributed by atoms with van der Waals surface area (Å²) in [7, 11) is -4.04. The minimum absolute atomic E-state index is 0.0780. The number of sulfonamides is 1. The highest BCUT2D eigenvalue weighted by molar-refractivity contribution is 7.98. The number of benzene rings is 3. The van der Waals surface area contributed by atoms with Crippen LogP contribution >= 0.6 is 11.8 Å². The van der Waals surface area contributed by atoms with Crippen molar-refractivity contribution in [3.05, 3.63) is 91.0 Å². The number of nitrogens with zero attached hydrogens (tertiary/aromatic N) is 2. The summed E-state index contributed by atoms with van der Waals surface area (Å²) in [6, 6.07) is 20.2. The summed E-state index contributed by atoms with van der Waals surface area (Å²) in [6.45, 7) is 5.88. The van der Waals surface area contributed by atoms with Crippen LogP contribution in [0.4, 0.5) is 5.69 Å². The van der Waals surface area contributed by atoms with Crippen molar-refractivity contribution in [3.8, 4) is 11.5 Å². The number of hydrogen-bond acceptors (Lipinski definition) is 7. The fourth-order valence-electron chi connectivity index (χ4n) is 3.22. The largest absolute Gasteiger partial charge is 0.494 e. The van der Waals surface area contributed by atoms with Gasteiger partial charge in [-0.3, -0.25) is 9.10 Å². The molecule has 10 heteroatoms. The predicted octanol–water partition coefficient (Wildman–Crippen LogP) is 4.72. The SMILES string of the molecule is C=CCOc1ccc(/C=N\NC(=O)CN(c2ccc(OCC)cc2)S(=O)(=O)c2ccc(SC)cc2)cc1. The number of rotatable bonds is 13. The first kappa shape index (κ1) is 27.8. The van der Waals surface area contributed by atoms with Gasteiger partial charge in [-0.15, -0.1) is 11.8 Å². The van der Waals surface area contributed by atoms with Crippen molar-refractivity contribution in [1.82, 2.24) is 5.43 Å². The van der Waals surface area contributed by atoms with E-state index in [-0.39, 0.29) is 4.90 Å². The van der Waals surface area contributed by atoms with Crippen molar-refractivity contribution >= 4 is 39.6 Å². The fourth-order valence-corrected chi connectivity index (χ4v) is 5.04. The first-order valence-corrected chi connectivity index (χ1v) is 14.1. The number of hydrogen-bond donors (Lipinski definition) is 1. The Morgan fingerprint density at radius 1 is 1.00 bits per heavy atom. The van der Waals surface area contributed by atoms with Gasteiger partial charge in [-0.25, -0.2) is 13.8 Å². The molecule has 0 atom stereocenters. The molecule has 8 nitrogen and oxygen atoms in total. The third-order valence-electron chi connectivity index (χ3n) is 5.02. The van der Waals surface area contributed by atoms with Crippen molar-refractivity contribution in [1.29, 1.82) is 0 Å². The number of nitrogens with one attached hydrogen (secondary N) is 1. The molecule has 0 aliphatic heterocycles. The second-order valence-corrected chi connectivity index (χ2v) is 10.3. The molecule has 0 saturated carbocycles. The molecule has 0 heterocycles. The van der Waals surface area contributed by atoms with Crippen LogP contribution in [0.15, 0.2) is 100 Å². The molecule has 0 aliphatic carbocycles. The molecular formula is C27H29N3O5S2. The molecule has 0 aliphatic rings. The molecule has 0 radical (unpaired) electrons. The molecule has 1 amide bonds. The Morgan fingerprint density at radius 3 is 2.22 bits per heavy atom. The van der Waals surface area contributed by atoms with Crippen LogP contribution in [-0.2, 0) is 14.8 Å². The summed E-state index contributed by atoms with van der Waals surface area (Å²) < 4.78 is 39.0. The first-order valence-electron chi connectivity index (χ1n) is 11.4. The molecular weight excluding hydrogens is 510 g/mol. The Hall–Kier alpha value is -3.76. The van der Waals surface area contributed by atoms with E-state index in [4.69, 9.17) is 9.47 Å². The van der Waals surface area contributed by atoms with Crippen LogP contribution in [0.2, 0.25) is 0 Å². The molecule has 0 spiro atoms. The smallest absolute Gasteiger partial charge is 0.264 e. The Bertz CT molecular complexity index is 1310. The van der Waals surface area contributed by atoms with Crippen LogP contribution < -0.4 is 19.2 Å². The van der Waals surface area contributed by atoms with Gasteiger partial charge in [0.2, 0.25) is 0 Å². The number of anilines is 1. The van der Waals surface area contributed by atoms with E-state index in [0.717, 1.165) is 14.8 Å². The average molecular weight is 540 g/mol. The van der Waals surface area contributed by atoms with Gasteiger partial charge >= 0.3 is 0 Å². The van der Waals surface area contributed by atoms with Gasteiger partial charge in [-0.1, -0.05) is 12.7 Å². The Morgan fingerprint density at radius 2 is 1.62 bits per heavy atom. The topological polar surface area (TPSA) is 97.3 Å². The maximum atomic E-state index is 13.5.